The summed E-state index contributed by atoms with van der Waals surface area (Å²) in [5.41, 5.74) is 5.27. The Bertz CT molecular complexity index is 509. The molecule has 0 bridgehead atoms. The average Bonchev–Trinajstić information content (AvgIpc) is 2.52. The predicted molar refractivity (Wildman–Crippen MR) is 104 cm³/mol. The van der Waals surface area contributed by atoms with Crippen LogP contribution in [0.15, 0.2) is 48.5 Å². The smallest absolute Gasteiger partial charge is 0.0361 e. The van der Waals surface area contributed by atoms with E-state index >= 15 is 0 Å². The third-order valence-corrected chi connectivity index (χ3v) is 5.72. The Kier molecular flexibility index (Phi) is 6.52. The Labute approximate surface area is 142 Å². The van der Waals surface area contributed by atoms with Gasteiger partial charge < -0.3 is 9.80 Å². The molecule has 0 aliphatic rings. The number of benzene rings is 2. The summed E-state index contributed by atoms with van der Waals surface area (Å²) < 4.78 is 0. The number of hydrogen-bond donors (Lipinski definition) is 0. The van der Waals surface area contributed by atoms with Crippen molar-refractivity contribution < 1.29 is 0 Å². The Balaban J connectivity index is 1.74. The lowest BCUT2D eigenvalue weighted by Crippen LogP contribution is -2.08. The SMILES string of the molecule is CN(C)c1ccc(CSSCc2ccc(N(C)C)cc2)cc1. The molecule has 0 amide bonds. The Morgan fingerprint density at radius 2 is 0.909 bits per heavy atom. The molecule has 0 aliphatic carbocycles. The largest absolute Gasteiger partial charge is 0.378 e. The van der Waals surface area contributed by atoms with Gasteiger partial charge in [0.15, 0.2) is 0 Å². The molecule has 0 spiro atoms. The summed E-state index contributed by atoms with van der Waals surface area (Å²) in [6, 6.07) is 17.6. The minimum Gasteiger partial charge on any atom is -0.378 e. The third-order valence-electron chi connectivity index (χ3n) is 3.44. The van der Waals surface area contributed by atoms with E-state index in [4.69, 9.17) is 0 Å². The van der Waals surface area contributed by atoms with Gasteiger partial charge >= 0.3 is 0 Å². The van der Waals surface area contributed by atoms with Crippen LogP contribution >= 0.6 is 21.6 Å². The number of hydrogen-bond acceptors (Lipinski definition) is 4. The summed E-state index contributed by atoms with van der Waals surface area (Å²) in [4.78, 5) is 4.26. The molecule has 0 aromatic heterocycles. The molecule has 0 radical (unpaired) electrons. The van der Waals surface area contributed by atoms with Gasteiger partial charge in [-0.2, -0.15) is 0 Å². The van der Waals surface area contributed by atoms with Gasteiger partial charge in [0.05, 0.1) is 0 Å². The van der Waals surface area contributed by atoms with E-state index in [-0.39, 0.29) is 0 Å². The van der Waals surface area contributed by atoms with Crippen molar-refractivity contribution in [1.29, 1.82) is 0 Å². The maximum Gasteiger partial charge on any atom is 0.0361 e. The first-order valence-corrected chi connectivity index (χ1v) is 9.82. The lowest BCUT2D eigenvalue weighted by Gasteiger charge is -2.13. The third kappa shape index (κ3) is 5.18. The van der Waals surface area contributed by atoms with Crippen LogP contribution in [0.4, 0.5) is 11.4 Å². The second kappa shape index (κ2) is 8.39. The van der Waals surface area contributed by atoms with Crippen molar-refractivity contribution in [3.05, 3.63) is 59.7 Å². The van der Waals surface area contributed by atoms with Crippen molar-refractivity contribution in [3.63, 3.8) is 0 Å². The zero-order chi connectivity index (χ0) is 15.9. The quantitative estimate of drug-likeness (QED) is 0.525. The molecule has 0 atom stereocenters. The molecule has 2 rings (SSSR count). The molecule has 0 saturated carbocycles. The highest BCUT2D eigenvalue weighted by Gasteiger charge is 1.99. The summed E-state index contributed by atoms with van der Waals surface area (Å²) in [5, 5.41) is 0. The van der Waals surface area contributed by atoms with E-state index in [1.807, 2.05) is 21.6 Å². The lowest BCUT2D eigenvalue weighted by atomic mass is 10.2. The minimum atomic E-state index is 1.05. The van der Waals surface area contributed by atoms with Gasteiger partial charge in [0.2, 0.25) is 0 Å². The van der Waals surface area contributed by atoms with Crippen molar-refractivity contribution in [2.75, 3.05) is 38.0 Å². The van der Waals surface area contributed by atoms with Crippen LogP contribution in [0.2, 0.25) is 0 Å². The first kappa shape index (κ1) is 17.1. The molecule has 0 unspecified atom stereocenters. The number of nitrogens with zero attached hydrogens (tertiary/aromatic N) is 2. The van der Waals surface area contributed by atoms with Crippen LogP contribution in [0.1, 0.15) is 11.1 Å². The van der Waals surface area contributed by atoms with Gasteiger partial charge in [-0.25, -0.2) is 0 Å². The minimum absolute atomic E-state index is 1.05. The zero-order valence-corrected chi connectivity index (χ0v) is 15.4. The van der Waals surface area contributed by atoms with Crippen molar-refractivity contribution >= 4 is 33.0 Å². The van der Waals surface area contributed by atoms with Gasteiger partial charge in [0.1, 0.15) is 0 Å². The summed E-state index contributed by atoms with van der Waals surface area (Å²) in [7, 11) is 12.1. The fraction of sp³-hybridized carbons (Fsp3) is 0.333. The molecular weight excluding hydrogens is 308 g/mol. The molecule has 0 aliphatic heterocycles. The summed E-state index contributed by atoms with van der Waals surface area (Å²) in [6.07, 6.45) is 0. The van der Waals surface area contributed by atoms with Gasteiger partial charge in [-0.1, -0.05) is 45.9 Å². The van der Waals surface area contributed by atoms with E-state index in [0.29, 0.717) is 0 Å². The normalized spacial score (nSPS) is 10.5. The first-order chi connectivity index (χ1) is 10.6. The maximum absolute atomic E-state index is 2.22. The molecule has 4 heteroatoms. The van der Waals surface area contributed by atoms with E-state index in [1.165, 1.54) is 22.5 Å². The van der Waals surface area contributed by atoms with Crippen LogP contribution in [0.5, 0.6) is 0 Å². The monoisotopic (exact) mass is 332 g/mol. The Hall–Kier alpha value is -1.26. The van der Waals surface area contributed by atoms with Gasteiger partial charge in [-0.15, -0.1) is 0 Å². The van der Waals surface area contributed by atoms with E-state index < -0.39 is 0 Å². The molecule has 2 aromatic rings. The van der Waals surface area contributed by atoms with Crippen molar-refractivity contribution in [2.45, 2.75) is 11.5 Å². The highest BCUT2D eigenvalue weighted by Crippen LogP contribution is 2.30. The van der Waals surface area contributed by atoms with Crippen molar-refractivity contribution in [2.24, 2.45) is 0 Å². The van der Waals surface area contributed by atoms with E-state index in [1.54, 1.807) is 0 Å². The van der Waals surface area contributed by atoms with Gasteiger partial charge in [-0.05, 0) is 35.4 Å². The first-order valence-electron chi connectivity index (χ1n) is 7.33. The van der Waals surface area contributed by atoms with Crippen LogP contribution in [-0.4, -0.2) is 28.2 Å². The molecule has 0 N–H and O–H groups in total. The standard InChI is InChI=1S/C18H24N2S2/c1-19(2)17-9-5-15(6-10-17)13-21-22-14-16-7-11-18(12-8-16)20(3)4/h5-12H,13-14H2,1-4H3. The molecule has 118 valence electrons. The zero-order valence-electron chi connectivity index (χ0n) is 13.7. The molecule has 0 fully saturated rings. The molecule has 0 saturated heterocycles. The van der Waals surface area contributed by atoms with Crippen LogP contribution in [0, 0.1) is 0 Å². The Morgan fingerprint density at radius 3 is 1.18 bits per heavy atom. The fourth-order valence-corrected chi connectivity index (χ4v) is 4.14. The van der Waals surface area contributed by atoms with Gasteiger partial charge in [0.25, 0.3) is 0 Å². The highest BCUT2D eigenvalue weighted by molar-refractivity contribution is 8.76. The van der Waals surface area contributed by atoms with Crippen molar-refractivity contribution in [3.8, 4) is 0 Å². The predicted octanol–water partition coefficient (Wildman–Crippen LogP) is 4.90. The second-order valence-electron chi connectivity index (χ2n) is 5.65. The van der Waals surface area contributed by atoms with E-state index in [0.717, 1.165) is 11.5 Å². The molecule has 0 heterocycles. The van der Waals surface area contributed by atoms with Crippen LogP contribution in [-0.2, 0) is 11.5 Å². The van der Waals surface area contributed by atoms with Crippen LogP contribution in [0.3, 0.4) is 0 Å². The second-order valence-corrected chi connectivity index (χ2v) is 8.11. The summed E-state index contributed by atoms with van der Waals surface area (Å²) >= 11 is 0. The van der Waals surface area contributed by atoms with E-state index in [2.05, 4.69) is 86.5 Å². The van der Waals surface area contributed by atoms with Gasteiger partial charge in [0, 0.05) is 51.1 Å². The van der Waals surface area contributed by atoms with Gasteiger partial charge in [-0.3, -0.25) is 0 Å². The highest BCUT2D eigenvalue weighted by atomic mass is 33.1. The molecule has 2 aromatic carbocycles. The summed E-state index contributed by atoms with van der Waals surface area (Å²) in [5.74, 6) is 2.10. The lowest BCUT2D eigenvalue weighted by molar-refractivity contribution is 1.13. The fourth-order valence-electron chi connectivity index (χ4n) is 2.00. The Morgan fingerprint density at radius 1 is 0.591 bits per heavy atom. The number of rotatable bonds is 7. The average molecular weight is 333 g/mol. The topological polar surface area (TPSA) is 6.48 Å². The summed E-state index contributed by atoms with van der Waals surface area (Å²) in [6.45, 7) is 0. The molecule has 2 nitrogen and oxygen atoms in total. The van der Waals surface area contributed by atoms with Crippen LogP contribution in [0.25, 0.3) is 0 Å². The van der Waals surface area contributed by atoms with Crippen LogP contribution < -0.4 is 9.80 Å². The van der Waals surface area contributed by atoms with Crippen molar-refractivity contribution in [1.82, 2.24) is 0 Å². The number of anilines is 2. The molecule has 22 heavy (non-hydrogen) atoms. The maximum atomic E-state index is 2.22. The molecular formula is C18H24N2S2. The van der Waals surface area contributed by atoms with E-state index in [9.17, 15) is 0 Å².